The number of hydrogen-bond acceptors (Lipinski definition) is 4. The molecular formula is C28H36F3N5. The summed E-state index contributed by atoms with van der Waals surface area (Å²) in [6, 6.07) is 10.5. The van der Waals surface area contributed by atoms with Crippen LogP contribution in [0.1, 0.15) is 37.1 Å². The number of aromatic nitrogens is 2. The normalized spacial score (nSPS) is 14.9. The van der Waals surface area contributed by atoms with E-state index in [1.165, 1.54) is 24.3 Å². The van der Waals surface area contributed by atoms with Gasteiger partial charge < -0.3 is 9.80 Å². The van der Waals surface area contributed by atoms with Crippen LogP contribution in [0, 0.1) is 30.3 Å². The summed E-state index contributed by atoms with van der Waals surface area (Å²) in [4.78, 5) is 6.95. The summed E-state index contributed by atoms with van der Waals surface area (Å²) in [6.45, 7) is 11.9. The lowest BCUT2D eigenvalue weighted by Crippen LogP contribution is -2.45. The quantitative estimate of drug-likeness (QED) is 0.394. The SMILES string of the molecule is Cc1nn(-c2ccc(F)cc2)c(N2CCN(C)CC2)c1CN(CCC(C)C)Cc1ccc(F)c(F)c1. The maximum absolute atomic E-state index is 13.9. The molecule has 2 aromatic carbocycles. The van der Waals surface area contributed by atoms with Crippen LogP contribution < -0.4 is 4.90 Å². The van der Waals surface area contributed by atoms with Gasteiger partial charge in [-0.25, -0.2) is 17.9 Å². The van der Waals surface area contributed by atoms with Crippen molar-refractivity contribution in [2.24, 2.45) is 5.92 Å². The Bertz CT molecular complexity index is 1150. The fraction of sp³-hybridized carbons (Fsp3) is 0.464. The smallest absolute Gasteiger partial charge is 0.159 e. The highest BCUT2D eigenvalue weighted by Crippen LogP contribution is 2.30. The lowest BCUT2D eigenvalue weighted by Gasteiger charge is -2.35. The summed E-state index contributed by atoms with van der Waals surface area (Å²) in [5.41, 5.74) is 3.57. The lowest BCUT2D eigenvalue weighted by molar-refractivity contribution is 0.240. The molecule has 0 atom stereocenters. The number of piperazine rings is 1. The van der Waals surface area contributed by atoms with Gasteiger partial charge in [-0.3, -0.25) is 4.90 Å². The highest BCUT2D eigenvalue weighted by atomic mass is 19.2. The van der Waals surface area contributed by atoms with Gasteiger partial charge in [-0.05, 0) is 74.8 Å². The second kappa shape index (κ2) is 11.5. The first-order valence-corrected chi connectivity index (χ1v) is 12.7. The Morgan fingerprint density at radius 2 is 1.61 bits per heavy atom. The van der Waals surface area contributed by atoms with Crippen LogP contribution in [0.15, 0.2) is 42.5 Å². The summed E-state index contributed by atoms with van der Waals surface area (Å²) in [6.07, 6.45) is 0.985. The van der Waals surface area contributed by atoms with Gasteiger partial charge in [0.2, 0.25) is 0 Å². The minimum absolute atomic E-state index is 0.282. The predicted octanol–water partition coefficient (Wildman–Crippen LogP) is 5.40. The van der Waals surface area contributed by atoms with Crippen LogP contribution in [-0.2, 0) is 13.1 Å². The molecule has 0 radical (unpaired) electrons. The molecule has 0 saturated carbocycles. The van der Waals surface area contributed by atoms with Crippen molar-refractivity contribution in [3.8, 4) is 5.69 Å². The first kappa shape index (κ1) is 26.2. The maximum atomic E-state index is 13.9. The molecular weight excluding hydrogens is 463 g/mol. The van der Waals surface area contributed by atoms with E-state index < -0.39 is 11.6 Å². The van der Waals surface area contributed by atoms with Crippen molar-refractivity contribution < 1.29 is 13.2 Å². The topological polar surface area (TPSA) is 27.5 Å². The van der Waals surface area contributed by atoms with Crippen molar-refractivity contribution in [2.75, 3.05) is 44.7 Å². The highest BCUT2D eigenvalue weighted by Gasteiger charge is 2.26. The van der Waals surface area contributed by atoms with Gasteiger partial charge in [0.05, 0.1) is 11.4 Å². The Balaban J connectivity index is 1.70. The lowest BCUT2D eigenvalue weighted by atomic mass is 10.1. The van der Waals surface area contributed by atoms with E-state index in [4.69, 9.17) is 5.10 Å². The first-order valence-electron chi connectivity index (χ1n) is 12.7. The predicted molar refractivity (Wildman–Crippen MR) is 138 cm³/mol. The third-order valence-corrected chi connectivity index (χ3v) is 6.83. The van der Waals surface area contributed by atoms with E-state index in [9.17, 15) is 13.2 Å². The van der Waals surface area contributed by atoms with E-state index in [0.29, 0.717) is 19.0 Å². The third-order valence-electron chi connectivity index (χ3n) is 6.83. The minimum Gasteiger partial charge on any atom is -0.354 e. The van der Waals surface area contributed by atoms with E-state index in [0.717, 1.165) is 67.5 Å². The number of likely N-dealkylation sites (N-methyl/N-ethyl adjacent to an activating group) is 1. The molecule has 1 fully saturated rings. The molecule has 4 rings (SSSR count). The zero-order chi connectivity index (χ0) is 25.8. The average Bonchev–Trinajstić information content (AvgIpc) is 3.16. The molecule has 2 heterocycles. The summed E-state index contributed by atoms with van der Waals surface area (Å²) < 4.78 is 43.1. The standard InChI is InChI=1S/C28H36F3N5/c1-20(2)11-12-34(18-22-5-10-26(30)27(31)17-22)19-25-21(3)32-36(24-8-6-23(29)7-9-24)28(25)35-15-13-33(4)14-16-35/h5-10,17,20H,11-16,18-19H2,1-4H3. The molecule has 0 aliphatic carbocycles. The van der Waals surface area contributed by atoms with E-state index in [1.54, 1.807) is 18.2 Å². The van der Waals surface area contributed by atoms with Gasteiger partial charge >= 0.3 is 0 Å². The van der Waals surface area contributed by atoms with Gasteiger partial charge in [-0.1, -0.05) is 19.9 Å². The molecule has 1 aliphatic rings. The Kier molecular flexibility index (Phi) is 8.36. The van der Waals surface area contributed by atoms with E-state index in [-0.39, 0.29) is 5.82 Å². The first-order chi connectivity index (χ1) is 17.2. The van der Waals surface area contributed by atoms with Crippen LogP contribution in [0.5, 0.6) is 0 Å². The van der Waals surface area contributed by atoms with Crippen LogP contribution in [0.25, 0.3) is 5.69 Å². The molecule has 8 heteroatoms. The Morgan fingerprint density at radius 1 is 0.917 bits per heavy atom. The Morgan fingerprint density at radius 3 is 2.25 bits per heavy atom. The van der Waals surface area contributed by atoms with Crippen LogP contribution >= 0.6 is 0 Å². The number of hydrogen-bond donors (Lipinski definition) is 0. The molecule has 36 heavy (non-hydrogen) atoms. The molecule has 0 spiro atoms. The Labute approximate surface area is 212 Å². The third kappa shape index (κ3) is 6.28. The second-order valence-corrected chi connectivity index (χ2v) is 10.2. The molecule has 1 saturated heterocycles. The maximum Gasteiger partial charge on any atom is 0.159 e. The van der Waals surface area contributed by atoms with Gasteiger partial charge in [0, 0.05) is 44.8 Å². The molecule has 5 nitrogen and oxygen atoms in total. The van der Waals surface area contributed by atoms with Crippen molar-refractivity contribution in [1.82, 2.24) is 19.6 Å². The van der Waals surface area contributed by atoms with Gasteiger partial charge in [0.1, 0.15) is 11.6 Å². The van der Waals surface area contributed by atoms with Gasteiger partial charge in [-0.2, -0.15) is 5.10 Å². The number of nitrogens with zero attached hydrogens (tertiary/aromatic N) is 5. The molecule has 194 valence electrons. The van der Waals surface area contributed by atoms with Gasteiger partial charge in [0.25, 0.3) is 0 Å². The summed E-state index contributed by atoms with van der Waals surface area (Å²) in [5.74, 6) is -0.406. The fourth-order valence-corrected chi connectivity index (χ4v) is 4.61. The zero-order valence-corrected chi connectivity index (χ0v) is 21.6. The second-order valence-electron chi connectivity index (χ2n) is 10.2. The van der Waals surface area contributed by atoms with Crippen molar-refractivity contribution in [3.63, 3.8) is 0 Å². The van der Waals surface area contributed by atoms with Crippen LogP contribution in [0.2, 0.25) is 0 Å². The molecule has 0 N–H and O–H groups in total. The average molecular weight is 500 g/mol. The summed E-state index contributed by atoms with van der Waals surface area (Å²) in [7, 11) is 2.12. The molecule has 1 aromatic heterocycles. The number of aryl methyl sites for hydroxylation is 1. The molecule has 3 aromatic rings. The van der Waals surface area contributed by atoms with Crippen LogP contribution in [0.4, 0.5) is 19.0 Å². The number of rotatable bonds is 9. The highest BCUT2D eigenvalue weighted by molar-refractivity contribution is 5.56. The summed E-state index contributed by atoms with van der Waals surface area (Å²) in [5, 5.41) is 4.89. The zero-order valence-electron chi connectivity index (χ0n) is 21.6. The summed E-state index contributed by atoms with van der Waals surface area (Å²) >= 11 is 0. The number of halogens is 3. The largest absolute Gasteiger partial charge is 0.354 e. The van der Waals surface area contributed by atoms with E-state index in [2.05, 4.69) is 35.6 Å². The van der Waals surface area contributed by atoms with E-state index >= 15 is 0 Å². The van der Waals surface area contributed by atoms with Crippen molar-refractivity contribution in [2.45, 2.75) is 40.3 Å². The van der Waals surface area contributed by atoms with Gasteiger partial charge in [-0.15, -0.1) is 0 Å². The van der Waals surface area contributed by atoms with Crippen LogP contribution in [0.3, 0.4) is 0 Å². The molecule has 0 unspecified atom stereocenters. The molecule has 0 bridgehead atoms. The minimum atomic E-state index is -0.832. The molecule has 0 amide bonds. The number of benzene rings is 2. The Hall–Kier alpha value is -2.84. The van der Waals surface area contributed by atoms with E-state index in [1.807, 2.05) is 11.6 Å². The van der Waals surface area contributed by atoms with Gasteiger partial charge in [0.15, 0.2) is 11.6 Å². The van der Waals surface area contributed by atoms with Crippen molar-refractivity contribution in [1.29, 1.82) is 0 Å². The van der Waals surface area contributed by atoms with Crippen molar-refractivity contribution in [3.05, 3.63) is 76.7 Å². The molecule has 1 aliphatic heterocycles. The number of anilines is 1. The monoisotopic (exact) mass is 499 g/mol. The van der Waals surface area contributed by atoms with Crippen molar-refractivity contribution >= 4 is 5.82 Å². The fourth-order valence-electron chi connectivity index (χ4n) is 4.61. The van der Waals surface area contributed by atoms with Crippen LogP contribution in [-0.4, -0.2) is 59.4 Å².